The highest BCUT2D eigenvalue weighted by Gasteiger charge is 2.36. The Morgan fingerprint density at radius 3 is 2.20 bits per heavy atom. The molecule has 3 N–H and O–H groups in total. The van der Waals surface area contributed by atoms with Crippen LogP contribution in [-0.4, -0.2) is 66.8 Å². The van der Waals surface area contributed by atoms with Gasteiger partial charge in [-0.05, 0) is 72.4 Å². The lowest BCUT2D eigenvalue weighted by Crippen LogP contribution is -2.54. The van der Waals surface area contributed by atoms with E-state index in [4.69, 9.17) is 4.74 Å². The third kappa shape index (κ3) is 9.27. The highest BCUT2D eigenvalue weighted by Crippen LogP contribution is 2.35. The van der Waals surface area contributed by atoms with Gasteiger partial charge in [-0.25, -0.2) is 0 Å². The molecule has 1 heterocycles. The molecule has 1 saturated heterocycles. The third-order valence-corrected chi connectivity index (χ3v) is 9.00. The molecule has 0 aromatic heterocycles. The number of hydrogen-bond donors (Lipinski definition) is 3. The Bertz CT molecular complexity index is 1410. The normalized spacial score (nSPS) is 16.0. The van der Waals surface area contributed by atoms with E-state index in [2.05, 4.69) is 69.5 Å². The maximum atomic E-state index is 13.7. The van der Waals surface area contributed by atoms with E-state index in [1.807, 2.05) is 35.2 Å². The first-order valence-electron chi connectivity index (χ1n) is 16.9. The van der Waals surface area contributed by atoms with Crippen LogP contribution in [0.25, 0.3) is 0 Å². The van der Waals surface area contributed by atoms with Gasteiger partial charge in [-0.1, -0.05) is 95.3 Å². The van der Waals surface area contributed by atoms with E-state index < -0.39 is 12.1 Å². The second kappa shape index (κ2) is 16.3. The number of nitrogens with one attached hydrogen (secondary N) is 2. The lowest BCUT2D eigenvalue weighted by atomic mass is 9.78. The Hall–Kier alpha value is -3.52. The summed E-state index contributed by atoms with van der Waals surface area (Å²) in [6.45, 7) is 13.7. The average Bonchev–Trinajstić information content (AvgIpc) is 3.07. The molecule has 1 aliphatic heterocycles. The minimum atomic E-state index is -0.871. The average molecular weight is 628 g/mol. The molecule has 1 aliphatic rings. The number of nitrogens with zero attached hydrogens (tertiary/aromatic N) is 1. The molecular weight excluding hydrogens is 574 g/mol. The van der Waals surface area contributed by atoms with Gasteiger partial charge in [-0.2, -0.15) is 0 Å². The number of hydrogen-bond acceptors (Lipinski definition) is 5. The maximum absolute atomic E-state index is 13.7. The van der Waals surface area contributed by atoms with Crippen molar-refractivity contribution in [1.29, 1.82) is 0 Å². The fourth-order valence-corrected chi connectivity index (χ4v) is 6.25. The van der Waals surface area contributed by atoms with Gasteiger partial charge < -0.3 is 25.4 Å². The topological polar surface area (TPSA) is 90.9 Å². The number of carbonyl (C=O) groups is 2. The van der Waals surface area contributed by atoms with Gasteiger partial charge in [0, 0.05) is 49.5 Å². The molecular formula is C39H53N3O4. The fourth-order valence-electron chi connectivity index (χ4n) is 6.25. The molecule has 1 fully saturated rings. The van der Waals surface area contributed by atoms with Crippen molar-refractivity contribution in [2.45, 2.75) is 89.8 Å². The van der Waals surface area contributed by atoms with Gasteiger partial charge in [-0.3, -0.25) is 9.59 Å². The van der Waals surface area contributed by atoms with Gasteiger partial charge in [-0.15, -0.1) is 0 Å². The molecule has 0 bridgehead atoms. The number of benzene rings is 3. The standard InChI is InChI=1S/C39H53N3O4/c1-6-21-42(22-7-2)37(45)31-16-11-15-30(26-31)36(44)41-34(25-29-13-9-8-10-14-29)35(43)28-40-39(19-23-46-24-20-39)33-18-12-17-32(27-33)38(3,4)5/h8-18,26-27,34-35,40,43H,6-7,19-25,28H2,1-5H3,(H,41,44)/t34-,35+/m0/s1. The van der Waals surface area contributed by atoms with E-state index in [1.54, 1.807) is 24.3 Å². The van der Waals surface area contributed by atoms with Crippen LogP contribution in [-0.2, 0) is 22.1 Å². The van der Waals surface area contributed by atoms with Gasteiger partial charge in [0.15, 0.2) is 0 Å². The van der Waals surface area contributed by atoms with Crippen molar-refractivity contribution in [3.05, 3.63) is 107 Å². The van der Waals surface area contributed by atoms with Crippen molar-refractivity contribution in [1.82, 2.24) is 15.5 Å². The Morgan fingerprint density at radius 1 is 0.891 bits per heavy atom. The Balaban J connectivity index is 1.55. The first-order chi connectivity index (χ1) is 22.1. The molecule has 0 unspecified atom stereocenters. The second-order valence-corrected chi connectivity index (χ2v) is 13.6. The summed E-state index contributed by atoms with van der Waals surface area (Å²) in [5.74, 6) is -0.383. The zero-order valence-corrected chi connectivity index (χ0v) is 28.4. The number of amides is 2. The highest BCUT2D eigenvalue weighted by atomic mass is 16.5. The van der Waals surface area contributed by atoms with Crippen molar-refractivity contribution in [3.63, 3.8) is 0 Å². The van der Waals surface area contributed by atoms with Crippen molar-refractivity contribution in [2.75, 3.05) is 32.8 Å². The summed E-state index contributed by atoms with van der Waals surface area (Å²) >= 11 is 0. The molecule has 2 amide bonds. The van der Waals surface area contributed by atoms with Crippen LogP contribution in [0.4, 0.5) is 0 Å². The number of aliphatic hydroxyl groups is 1. The summed E-state index contributed by atoms with van der Waals surface area (Å²) < 4.78 is 5.76. The van der Waals surface area contributed by atoms with E-state index in [0.717, 1.165) is 31.2 Å². The lowest BCUT2D eigenvalue weighted by molar-refractivity contribution is 0.0267. The molecule has 7 nitrogen and oxygen atoms in total. The van der Waals surface area contributed by atoms with E-state index in [9.17, 15) is 14.7 Å². The minimum Gasteiger partial charge on any atom is -0.390 e. The molecule has 2 atom stereocenters. The van der Waals surface area contributed by atoms with Crippen molar-refractivity contribution in [2.24, 2.45) is 0 Å². The predicted molar refractivity (Wildman–Crippen MR) is 185 cm³/mol. The maximum Gasteiger partial charge on any atom is 0.253 e. The summed E-state index contributed by atoms with van der Waals surface area (Å²) in [6.07, 6.45) is 2.91. The van der Waals surface area contributed by atoms with Gasteiger partial charge in [0.05, 0.1) is 12.1 Å². The van der Waals surface area contributed by atoms with Crippen LogP contribution < -0.4 is 10.6 Å². The second-order valence-electron chi connectivity index (χ2n) is 13.6. The zero-order chi connectivity index (χ0) is 33.2. The predicted octanol–water partition coefficient (Wildman–Crippen LogP) is 6.24. The smallest absolute Gasteiger partial charge is 0.253 e. The van der Waals surface area contributed by atoms with Crippen LogP contribution in [0.2, 0.25) is 0 Å². The van der Waals surface area contributed by atoms with Crippen molar-refractivity contribution < 1.29 is 19.4 Å². The number of carbonyl (C=O) groups excluding carboxylic acids is 2. The Morgan fingerprint density at radius 2 is 1.54 bits per heavy atom. The molecule has 46 heavy (non-hydrogen) atoms. The molecule has 0 saturated carbocycles. The SMILES string of the molecule is CCCN(CCC)C(=O)c1cccc(C(=O)N[C@@H](Cc2ccccc2)[C@H](O)CNC2(c3cccc(C(C)(C)C)c3)CCOCC2)c1. The van der Waals surface area contributed by atoms with Crippen LogP contribution in [0.3, 0.4) is 0 Å². The van der Waals surface area contributed by atoms with Gasteiger partial charge in [0.2, 0.25) is 0 Å². The van der Waals surface area contributed by atoms with Crippen LogP contribution in [0, 0.1) is 0 Å². The molecule has 0 spiro atoms. The van der Waals surface area contributed by atoms with Crippen LogP contribution in [0.1, 0.15) is 97.7 Å². The number of rotatable bonds is 14. The highest BCUT2D eigenvalue weighted by molar-refractivity contribution is 5.99. The van der Waals surface area contributed by atoms with Gasteiger partial charge >= 0.3 is 0 Å². The summed E-state index contributed by atoms with van der Waals surface area (Å²) in [5, 5.41) is 18.6. The van der Waals surface area contributed by atoms with Crippen LogP contribution >= 0.6 is 0 Å². The van der Waals surface area contributed by atoms with E-state index >= 15 is 0 Å². The first kappa shape index (κ1) is 35.3. The summed E-state index contributed by atoms with van der Waals surface area (Å²) in [7, 11) is 0. The largest absolute Gasteiger partial charge is 0.390 e. The fraction of sp³-hybridized carbons (Fsp3) is 0.487. The first-order valence-corrected chi connectivity index (χ1v) is 16.9. The quantitative estimate of drug-likeness (QED) is 0.197. The summed E-state index contributed by atoms with van der Waals surface area (Å²) in [4.78, 5) is 28.8. The van der Waals surface area contributed by atoms with E-state index in [0.29, 0.717) is 50.4 Å². The summed E-state index contributed by atoms with van der Waals surface area (Å²) in [5.41, 5.74) is 4.04. The molecule has 0 radical (unpaired) electrons. The number of ether oxygens (including phenoxy) is 1. The van der Waals surface area contributed by atoms with E-state index in [-0.39, 0.29) is 22.8 Å². The molecule has 248 valence electrons. The Labute approximate surface area is 275 Å². The summed E-state index contributed by atoms with van der Waals surface area (Å²) in [6, 6.07) is 25.0. The zero-order valence-electron chi connectivity index (χ0n) is 28.4. The minimum absolute atomic E-state index is 0.0130. The van der Waals surface area contributed by atoms with Crippen LogP contribution in [0.15, 0.2) is 78.9 Å². The lowest BCUT2D eigenvalue weighted by Gasteiger charge is -2.40. The monoisotopic (exact) mass is 627 g/mol. The van der Waals surface area contributed by atoms with Gasteiger partial charge in [0.1, 0.15) is 0 Å². The van der Waals surface area contributed by atoms with Crippen LogP contribution in [0.5, 0.6) is 0 Å². The molecule has 0 aliphatic carbocycles. The third-order valence-electron chi connectivity index (χ3n) is 9.00. The van der Waals surface area contributed by atoms with Crippen molar-refractivity contribution >= 4 is 11.8 Å². The Kier molecular flexibility index (Phi) is 12.6. The van der Waals surface area contributed by atoms with E-state index in [1.165, 1.54) is 11.1 Å². The van der Waals surface area contributed by atoms with Gasteiger partial charge in [0.25, 0.3) is 11.8 Å². The number of aliphatic hydroxyl groups excluding tert-OH is 1. The molecule has 7 heteroatoms. The molecule has 3 aromatic carbocycles. The molecule has 4 rings (SSSR count). The van der Waals surface area contributed by atoms with Crippen molar-refractivity contribution in [3.8, 4) is 0 Å². The molecule has 3 aromatic rings.